The van der Waals surface area contributed by atoms with Gasteiger partial charge in [0.15, 0.2) is 0 Å². The standard InChI is InChI=1S/C22H24FNO.ClH/c1-3-16(2)24-14-20-19-10-6-4-8-17(19)12-13-22(20)25-15-18-9-5-7-11-21(18)23;/h4-13,16,24H,3,14-15H2,1-2H3;1H. The molecule has 4 heteroatoms. The van der Waals surface area contributed by atoms with E-state index in [1.165, 1.54) is 16.8 Å². The Morgan fingerprint density at radius 3 is 2.50 bits per heavy atom. The van der Waals surface area contributed by atoms with E-state index in [0.29, 0.717) is 11.6 Å². The Morgan fingerprint density at radius 2 is 1.73 bits per heavy atom. The molecule has 0 heterocycles. The molecule has 0 aliphatic heterocycles. The van der Waals surface area contributed by atoms with Crippen molar-refractivity contribution in [3.8, 4) is 5.75 Å². The van der Waals surface area contributed by atoms with Crippen molar-refractivity contribution in [2.75, 3.05) is 0 Å². The van der Waals surface area contributed by atoms with Crippen molar-refractivity contribution in [1.82, 2.24) is 5.32 Å². The van der Waals surface area contributed by atoms with E-state index in [1.54, 1.807) is 12.1 Å². The highest BCUT2D eigenvalue weighted by atomic mass is 35.5. The monoisotopic (exact) mass is 373 g/mol. The normalized spacial score (nSPS) is 11.8. The zero-order valence-electron chi connectivity index (χ0n) is 15.2. The van der Waals surface area contributed by atoms with Crippen LogP contribution in [-0.2, 0) is 13.2 Å². The first kappa shape index (κ1) is 20.2. The molecule has 3 aromatic rings. The molecule has 0 bridgehead atoms. The van der Waals surface area contributed by atoms with Gasteiger partial charge in [0.2, 0.25) is 0 Å². The summed E-state index contributed by atoms with van der Waals surface area (Å²) in [6.07, 6.45) is 1.07. The smallest absolute Gasteiger partial charge is 0.129 e. The van der Waals surface area contributed by atoms with E-state index >= 15 is 0 Å². The molecule has 0 aromatic heterocycles. The summed E-state index contributed by atoms with van der Waals surface area (Å²) in [6.45, 7) is 5.28. The molecule has 0 radical (unpaired) electrons. The van der Waals surface area contributed by atoms with Crippen LogP contribution in [0.1, 0.15) is 31.4 Å². The zero-order chi connectivity index (χ0) is 17.6. The van der Waals surface area contributed by atoms with Gasteiger partial charge in [0.1, 0.15) is 18.2 Å². The number of ether oxygens (including phenoxy) is 1. The highest BCUT2D eigenvalue weighted by molar-refractivity contribution is 5.87. The third kappa shape index (κ3) is 4.75. The summed E-state index contributed by atoms with van der Waals surface area (Å²) in [7, 11) is 0. The molecule has 1 unspecified atom stereocenters. The number of benzene rings is 3. The van der Waals surface area contributed by atoms with Crippen LogP contribution in [0.4, 0.5) is 4.39 Å². The number of nitrogens with one attached hydrogen (secondary N) is 1. The molecular weight excluding hydrogens is 349 g/mol. The molecule has 1 atom stereocenters. The number of hydrogen-bond donors (Lipinski definition) is 1. The predicted octanol–water partition coefficient (Wildman–Crippen LogP) is 5.87. The van der Waals surface area contributed by atoms with E-state index < -0.39 is 0 Å². The number of halogens is 2. The number of fused-ring (bicyclic) bond motifs is 1. The lowest BCUT2D eigenvalue weighted by Gasteiger charge is -2.17. The quantitative estimate of drug-likeness (QED) is 0.559. The summed E-state index contributed by atoms with van der Waals surface area (Å²) in [5.74, 6) is 0.570. The van der Waals surface area contributed by atoms with Crippen molar-refractivity contribution in [2.24, 2.45) is 0 Å². The van der Waals surface area contributed by atoms with Crippen molar-refractivity contribution in [3.05, 3.63) is 77.6 Å². The highest BCUT2D eigenvalue weighted by Gasteiger charge is 2.11. The summed E-state index contributed by atoms with van der Waals surface area (Å²) in [5, 5.41) is 5.89. The van der Waals surface area contributed by atoms with Gasteiger partial charge < -0.3 is 10.1 Å². The molecule has 0 spiro atoms. The van der Waals surface area contributed by atoms with Crippen LogP contribution in [0.25, 0.3) is 10.8 Å². The van der Waals surface area contributed by atoms with E-state index in [1.807, 2.05) is 24.3 Å². The van der Waals surface area contributed by atoms with Gasteiger partial charge in [0, 0.05) is 23.7 Å². The number of hydrogen-bond acceptors (Lipinski definition) is 2. The molecule has 0 amide bonds. The first-order valence-electron chi connectivity index (χ1n) is 8.79. The van der Waals surface area contributed by atoms with Gasteiger partial charge in [0.05, 0.1) is 0 Å². The lowest BCUT2D eigenvalue weighted by molar-refractivity contribution is 0.296. The molecule has 1 N–H and O–H groups in total. The fraction of sp³-hybridized carbons (Fsp3) is 0.273. The molecule has 138 valence electrons. The third-order valence-electron chi connectivity index (χ3n) is 4.58. The maximum atomic E-state index is 13.9. The first-order chi connectivity index (χ1) is 12.2. The highest BCUT2D eigenvalue weighted by Crippen LogP contribution is 2.29. The van der Waals surface area contributed by atoms with E-state index in [2.05, 4.69) is 37.4 Å². The van der Waals surface area contributed by atoms with Crippen LogP contribution in [-0.4, -0.2) is 6.04 Å². The Bertz CT molecular complexity index is 852. The van der Waals surface area contributed by atoms with Crippen LogP contribution in [0.3, 0.4) is 0 Å². The molecule has 3 aromatic carbocycles. The van der Waals surface area contributed by atoms with Gasteiger partial charge >= 0.3 is 0 Å². The van der Waals surface area contributed by atoms with Gasteiger partial charge in [-0.05, 0) is 36.2 Å². The summed E-state index contributed by atoms with van der Waals surface area (Å²) in [5.41, 5.74) is 1.69. The maximum absolute atomic E-state index is 13.9. The third-order valence-corrected chi connectivity index (χ3v) is 4.58. The van der Waals surface area contributed by atoms with E-state index in [9.17, 15) is 4.39 Å². The van der Waals surface area contributed by atoms with Crippen LogP contribution in [0.15, 0.2) is 60.7 Å². The summed E-state index contributed by atoms with van der Waals surface area (Å²) >= 11 is 0. The average Bonchev–Trinajstić information content (AvgIpc) is 2.65. The number of rotatable bonds is 7. The SMILES string of the molecule is CCC(C)NCc1c(OCc2ccccc2F)ccc2ccccc12.Cl. The fourth-order valence-electron chi connectivity index (χ4n) is 2.83. The van der Waals surface area contributed by atoms with Gasteiger partial charge in [-0.1, -0.05) is 55.5 Å². The fourth-order valence-corrected chi connectivity index (χ4v) is 2.83. The van der Waals surface area contributed by atoms with Crippen molar-refractivity contribution < 1.29 is 9.13 Å². The van der Waals surface area contributed by atoms with Crippen LogP contribution in [0, 0.1) is 5.82 Å². The Labute approximate surface area is 160 Å². The largest absolute Gasteiger partial charge is 0.488 e. The summed E-state index contributed by atoms with van der Waals surface area (Å²) in [6, 6.07) is 19.5. The predicted molar refractivity (Wildman–Crippen MR) is 109 cm³/mol. The Morgan fingerprint density at radius 1 is 1.00 bits per heavy atom. The van der Waals surface area contributed by atoms with Gasteiger partial charge in [-0.25, -0.2) is 4.39 Å². The average molecular weight is 374 g/mol. The molecule has 26 heavy (non-hydrogen) atoms. The van der Waals surface area contributed by atoms with Crippen molar-refractivity contribution in [2.45, 2.75) is 39.5 Å². The van der Waals surface area contributed by atoms with Gasteiger partial charge in [-0.3, -0.25) is 0 Å². The molecule has 3 rings (SSSR count). The van der Waals surface area contributed by atoms with Crippen LogP contribution in [0.2, 0.25) is 0 Å². The molecular formula is C22H25ClFNO. The molecule has 0 aliphatic carbocycles. The van der Waals surface area contributed by atoms with Crippen molar-refractivity contribution >= 4 is 23.2 Å². The molecule has 0 saturated heterocycles. The van der Waals surface area contributed by atoms with E-state index in [4.69, 9.17) is 4.74 Å². The lowest BCUT2D eigenvalue weighted by atomic mass is 10.0. The Kier molecular flexibility index (Phi) is 7.43. The van der Waals surface area contributed by atoms with Crippen LogP contribution >= 0.6 is 12.4 Å². The second kappa shape index (κ2) is 9.56. The van der Waals surface area contributed by atoms with Crippen molar-refractivity contribution in [3.63, 3.8) is 0 Å². The minimum absolute atomic E-state index is 0. The second-order valence-electron chi connectivity index (χ2n) is 6.33. The Balaban J connectivity index is 0.00000243. The molecule has 0 fully saturated rings. The van der Waals surface area contributed by atoms with Crippen LogP contribution < -0.4 is 10.1 Å². The van der Waals surface area contributed by atoms with E-state index in [-0.39, 0.29) is 24.8 Å². The Hall–Kier alpha value is -2.10. The second-order valence-corrected chi connectivity index (χ2v) is 6.33. The molecule has 2 nitrogen and oxygen atoms in total. The van der Waals surface area contributed by atoms with Gasteiger partial charge in [-0.2, -0.15) is 0 Å². The van der Waals surface area contributed by atoms with Gasteiger partial charge in [-0.15, -0.1) is 12.4 Å². The minimum atomic E-state index is -0.234. The van der Waals surface area contributed by atoms with Crippen molar-refractivity contribution in [1.29, 1.82) is 0 Å². The van der Waals surface area contributed by atoms with E-state index in [0.717, 1.165) is 24.3 Å². The maximum Gasteiger partial charge on any atom is 0.129 e. The first-order valence-corrected chi connectivity index (χ1v) is 8.79. The lowest BCUT2D eigenvalue weighted by Crippen LogP contribution is -2.24. The summed E-state index contributed by atoms with van der Waals surface area (Å²) < 4.78 is 19.9. The van der Waals surface area contributed by atoms with Gasteiger partial charge in [0.25, 0.3) is 0 Å². The molecule has 0 aliphatic rings. The zero-order valence-corrected chi connectivity index (χ0v) is 16.0. The molecule has 0 saturated carbocycles. The summed E-state index contributed by atoms with van der Waals surface area (Å²) in [4.78, 5) is 0. The topological polar surface area (TPSA) is 21.3 Å². The van der Waals surface area contributed by atoms with Crippen LogP contribution in [0.5, 0.6) is 5.75 Å². The minimum Gasteiger partial charge on any atom is -0.488 e.